The number of rotatable bonds is 7. The van der Waals surface area contributed by atoms with Gasteiger partial charge in [-0.3, -0.25) is 0 Å². The van der Waals surface area contributed by atoms with Gasteiger partial charge in [-0.25, -0.2) is 0 Å². The second kappa shape index (κ2) is 9.85. The van der Waals surface area contributed by atoms with Crippen LogP contribution in [-0.2, 0) is 0 Å². The number of hydrogen-bond donors (Lipinski definition) is 0. The third kappa shape index (κ3) is 6.57. The summed E-state index contributed by atoms with van der Waals surface area (Å²) in [5, 5.41) is 0. The fourth-order valence-electron chi connectivity index (χ4n) is 1.57. The maximum absolute atomic E-state index is 5.66. The lowest BCUT2D eigenvalue weighted by atomic mass is 10.2. The Balaban J connectivity index is 2.30. The van der Waals surface area contributed by atoms with E-state index < -0.39 is 0 Å². The smallest absolute Gasteiger partial charge is 0.119 e. The summed E-state index contributed by atoms with van der Waals surface area (Å²) in [7, 11) is 0. The van der Waals surface area contributed by atoms with Crippen LogP contribution in [0.15, 0.2) is 24.3 Å². The van der Waals surface area contributed by atoms with Crippen molar-refractivity contribution < 1.29 is 4.74 Å². The molecule has 1 aromatic carbocycles. The van der Waals surface area contributed by atoms with E-state index in [0.717, 1.165) is 30.8 Å². The van der Waals surface area contributed by atoms with Crippen molar-refractivity contribution in [2.24, 2.45) is 0 Å². The molecule has 0 saturated carbocycles. The van der Waals surface area contributed by atoms with Gasteiger partial charge < -0.3 is 4.74 Å². The fraction of sp³-hybridized carbons (Fsp3) is 0.500. The largest absolute Gasteiger partial charge is 0.494 e. The van der Waals surface area contributed by atoms with Gasteiger partial charge in [0.05, 0.1) is 6.61 Å². The molecule has 0 bridgehead atoms. The Labute approximate surface area is 115 Å². The van der Waals surface area contributed by atoms with Gasteiger partial charge in [0.2, 0.25) is 0 Å². The molecule has 0 saturated heterocycles. The second-order valence-electron chi connectivity index (χ2n) is 4.17. The first-order valence-corrected chi connectivity index (χ1v) is 7.18. The lowest BCUT2D eigenvalue weighted by Crippen LogP contribution is -1.96. The van der Waals surface area contributed by atoms with E-state index in [9.17, 15) is 0 Å². The maximum atomic E-state index is 5.66. The average molecular weight is 265 g/mol. The Bertz CT molecular complexity index is 372. The van der Waals surface area contributed by atoms with Crippen LogP contribution in [0.4, 0.5) is 0 Å². The number of halogens is 1. The van der Waals surface area contributed by atoms with Crippen molar-refractivity contribution in [1.82, 2.24) is 0 Å². The Kier molecular flexibility index (Phi) is 8.17. The summed E-state index contributed by atoms with van der Waals surface area (Å²) in [6.07, 6.45) is 5.66. The van der Waals surface area contributed by atoms with Crippen LogP contribution in [0.2, 0.25) is 0 Å². The molecular weight excluding hydrogens is 244 g/mol. The summed E-state index contributed by atoms with van der Waals surface area (Å²) in [5.74, 6) is 7.60. The monoisotopic (exact) mass is 264 g/mol. The van der Waals surface area contributed by atoms with Crippen LogP contribution in [0.5, 0.6) is 5.75 Å². The van der Waals surface area contributed by atoms with Crippen molar-refractivity contribution in [3.63, 3.8) is 0 Å². The number of benzene rings is 1. The summed E-state index contributed by atoms with van der Waals surface area (Å²) in [6, 6.07) is 7.93. The molecule has 0 N–H and O–H groups in total. The van der Waals surface area contributed by atoms with Gasteiger partial charge in [-0.1, -0.05) is 38.0 Å². The van der Waals surface area contributed by atoms with Gasteiger partial charge in [-0.05, 0) is 30.7 Å². The standard InChI is InChI=1S/C16H21ClO/c1-2-3-4-7-14-18-16-11-9-15(10-12-16)8-5-6-13-17/h9-12H,2-4,6-7,13-14H2,1H3. The Morgan fingerprint density at radius 3 is 2.56 bits per heavy atom. The molecule has 0 heterocycles. The molecule has 0 aliphatic carbocycles. The van der Waals surface area contributed by atoms with Crippen molar-refractivity contribution in [2.45, 2.75) is 39.0 Å². The Morgan fingerprint density at radius 1 is 1.11 bits per heavy atom. The van der Waals surface area contributed by atoms with Gasteiger partial charge in [-0.2, -0.15) is 0 Å². The van der Waals surface area contributed by atoms with Gasteiger partial charge in [0.1, 0.15) is 5.75 Å². The third-order valence-electron chi connectivity index (χ3n) is 2.57. The van der Waals surface area contributed by atoms with Gasteiger partial charge in [-0.15, -0.1) is 11.6 Å². The zero-order valence-corrected chi connectivity index (χ0v) is 11.8. The quantitative estimate of drug-likeness (QED) is 0.396. The molecule has 1 nitrogen and oxygen atoms in total. The van der Waals surface area contributed by atoms with E-state index in [1.54, 1.807) is 0 Å². The van der Waals surface area contributed by atoms with Crippen LogP contribution < -0.4 is 4.74 Å². The van der Waals surface area contributed by atoms with Crippen LogP contribution in [-0.4, -0.2) is 12.5 Å². The molecule has 0 spiro atoms. The van der Waals surface area contributed by atoms with Gasteiger partial charge >= 0.3 is 0 Å². The first-order chi connectivity index (χ1) is 8.86. The van der Waals surface area contributed by atoms with E-state index >= 15 is 0 Å². The fourth-order valence-corrected chi connectivity index (χ4v) is 1.66. The second-order valence-corrected chi connectivity index (χ2v) is 4.55. The minimum absolute atomic E-state index is 0.589. The SMILES string of the molecule is CCCCCCOc1ccc(C#CCCCl)cc1. The van der Waals surface area contributed by atoms with Crippen molar-refractivity contribution in [3.8, 4) is 17.6 Å². The highest BCUT2D eigenvalue weighted by Crippen LogP contribution is 2.12. The molecule has 0 aliphatic heterocycles. The average Bonchev–Trinajstić information content (AvgIpc) is 2.40. The first kappa shape index (κ1) is 14.9. The molecule has 1 rings (SSSR count). The molecule has 0 radical (unpaired) electrons. The van der Waals surface area contributed by atoms with Gasteiger partial charge in [0.15, 0.2) is 0 Å². The number of alkyl halides is 1. The highest BCUT2D eigenvalue weighted by Gasteiger charge is 1.94. The van der Waals surface area contributed by atoms with Crippen molar-refractivity contribution in [1.29, 1.82) is 0 Å². The number of hydrogen-bond acceptors (Lipinski definition) is 1. The summed E-state index contributed by atoms with van der Waals surface area (Å²) < 4.78 is 5.66. The molecule has 0 unspecified atom stereocenters. The lowest BCUT2D eigenvalue weighted by Gasteiger charge is -2.05. The summed E-state index contributed by atoms with van der Waals surface area (Å²) in [4.78, 5) is 0. The van der Waals surface area contributed by atoms with E-state index in [-0.39, 0.29) is 0 Å². The topological polar surface area (TPSA) is 9.23 Å². The minimum Gasteiger partial charge on any atom is -0.494 e. The lowest BCUT2D eigenvalue weighted by molar-refractivity contribution is 0.305. The minimum atomic E-state index is 0.589. The summed E-state index contributed by atoms with van der Waals surface area (Å²) in [6.45, 7) is 3.02. The van der Waals surface area contributed by atoms with Crippen molar-refractivity contribution >= 4 is 11.6 Å². The normalized spacial score (nSPS) is 9.67. The first-order valence-electron chi connectivity index (χ1n) is 6.64. The number of unbranched alkanes of at least 4 members (excludes halogenated alkanes) is 3. The van der Waals surface area contributed by atoms with E-state index in [0.29, 0.717) is 5.88 Å². The maximum Gasteiger partial charge on any atom is 0.119 e. The molecule has 0 fully saturated rings. The Morgan fingerprint density at radius 2 is 1.89 bits per heavy atom. The van der Waals surface area contributed by atoms with E-state index in [1.165, 1.54) is 19.3 Å². The van der Waals surface area contributed by atoms with E-state index in [1.807, 2.05) is 24.3 Å². The highest BCUT2D eigenvalue weighted by atomic mass is 35.5. The molecular formula is C16H21ClO. The van der Waals surface area contributed by atoms with Crippen molar-refractivity contribution in [3.05, 3.63) is 29.8 Å². The molecule has 1 aromatic rings. The molecule has 0 aromatic heterocycles. The van der Waals surface area contributed by atoms with Crippen LogP contribution in [0, 0.1) is 11.8 Å². The summed E-state index contributed by atoms with van der Waals surface area (Å²) in [5.41, 5.74) is 1.01. The van der Waals surface area contributed by atoms with E-state index in [4.69, 9.17) is 16.3 Å². The summed E-state index contributed by atoms with van der Waals surface area (Å²) >= 11 is 5.56. The predicted octanol–water partition coefficient (Wildman–Crippen LogP) is 4.63. The molecule has 2 heteroatoms. The van der Waals surface area contributed by atoms with Crippen LogP contribution in [0.3, 0.4) is 0 Å². The predicted molar refractivity (Wildman–Crippen MR) is 78.3 cm³/mol. The number of ether oxygens (including phenoxy) is 1. The highest BCUT2D eigenvalue weighted by molar-refractivity contribution is 6.18. The van der Waals surface area contributed by atoms with Crippen molar-refractivity contribution in [2.75, 3.05) is 12.5 Å². The molecule has 98 valence electrons. The molecule has 0 atom stereocenters. The molecule has 18 heavy (non-hydrogen) atoms. The zero-order chi connectivity index (χ0) is 13.1. The van der Waals surface area contributed by atoms with E-state index in [2.05, 4.69) is 18.8 Å². The van der Waals surface area contributed by atoms with Crippen LogP contribution >= 0.6 is 11.6 Å². The Hall–Kier alpha value is -1.13. The molecule has 0 aliphatic rings. The van der Waals surface area contributed by atoms with Crippen LogP contribution in [0.25, 0.3) is 0 Å². The zero-order valence-electron chi connectivity index (χ0n) is 11.0. The van der Waals surface area contributed by atoms with Gasteiger partial charge in [0.25, 0.3) is 0 Å². The van der Waals surface area contributed by atoms with Crippen LogP contribution in [0.1, 0.15) is 44.6 Å². The molecule has 0 amide bonds. The third-order valence-corrected chi connectivity index (χ3v) is 2.76. The van der Waals surface area contributed by atoms with Gasteiger partial charge in [0, 0.05) is 17.9 Å².